The fraction of sp³-hybridized carbons (Fsp3) is 0.333. The molecule has 0 aliphatic carbocycles. The lowest BCUT2D eigenvalue weighted by molar-refractivity contribution is -0.143. The number of benzene rings is 2. The minimum atomic E-state index is -0.498. The van der Waals surface area contributed by atoms with Crippen molar-refractivity contribution in [1.29, 1.82) is 0 Å². The predicted molar refractivity (Wildman–Crippen MR) is 105 cm³/mol. The molecular weight excluding hydrogens is 344 g/mol. The van der Waals surface area contributed by atoms with Crippen LogP contribution in [0.2, 0.25) is 0 Å². The number of hydrogen-bond acceptors (Lipinski definition) is 5. The van der Waals surface area contributed by atoms with E-state index in [-0.39, 0.29) is 24.3 Å². The van der Waals surface area contributed by atoms with E-state index in [1.54, 1.807) is 24.3 Å². The van der Waals surface area contributed by atoms with Crippen LogP contribution in [0.25, 0.3) is 0 Å². The number of para-hydroxylation sites is 1. The summed E-state index contributed by atoms with van der Waals surface area (Å²) < 4.78 is 10.5. The molecule has 0 heterocycles. The Morgan fingerprint density at radius 2 is 1.59 bits per heavy atom. The monoisotopic (exact) mass is 370 g/mol. The Morgan fingerprint density at radius 1 is 0.963 bits per heavy atom. The molecular formula is C21H26N2O4. The highest BCUT2D eigenvalue weighted by Crippen LogP contribution is 2.22. The molecule has 2 rings (SSSR count). The third-order valence-corrected chi connectivity index (χ3v) is 3.80. The topological polar surface area (TPSA) is 76.7 Å². The molecule has 0 aliphatic rings. The molecule has 0 radical (unpaired) electrons. The average Bonchev–Trinajstić information content (AvgIpc) is 2.66. The van der Waals surface area contributed by atoms with Gasteiger partial charge in [-0.2, -0.15) is 0 Å². The summed E-state index contributed by atoms with van der Waals surface area (Å²) in [6.45, 7) is 3.88. The normalized spacial score (nSPS) is 11.7. The Morgan fingerprint density at radius 3 is 2.19 bits per heavy atom. The number of ether oxygens (including phenoxy) is 2. The highest BCUT2D eigenvalue weighted by molar-refractivity contribution is 5.91. The predicted octanol–water partition coefficient (Wildman–Crippen LogP) is 3.74. The molecule has 0 bridgehead atoms. The molecule has 0 saturated carbocycles. The fourth-order valence-electron chi connectivity index (χ4n) is 2.54. The molecule has 1 amide bonds. The van der Waals surface area contributed by atoms with Crippen molar-refractivity contribution in [3.8, 4) is 11.5 Å². The summed E-state index contributed by atoms with van der Waals surface area (Å²) in [5, 5.41) is 5.93. The zero-order valence-electron chi connectivity index (χ0n) is 15.9. The van der Waals surface area contributed by atoms with Crippen LogP contribution in [0.3, 0.4) is 0 Å². The number of anilines is 1. The first kappa shape index (κ1) is 20.5. The van der Waals surface area contributed by atoms with E-state index in [4.69, 9.17) is 9.47 Å². The Labute approximate surface area is 159 Å². The minimum absolute atomic E-state index is 0.120. The maximum atomic E-state index is 12.2. The van der Waals surface area contributed by atoms with Gasteiger partial charge in [-0.05, 0) is 42.8 Å². The number of rotatable bonds is 9. The molecule has 1 atom stereocenters. The van der Waals surface area contributed by atoms with Crippen molar-refractivity contribution < 1.29 is 19.1 Å². The summed E-state index contributed by atoms with van der Waals surface area (Å²) >= 11 is 0. The maximum Gasteiger partial charge on any atom is 0.322 e. The zero-order chi connectivity index (χ0) is 19.6. The van der Waals surface area contributed by atoms with Crippen LogP contribution in [0.5, 0.6) is 11.5 Å². The van der Waals surface area contributed by atoms with E-state index in [1.807, 2.05) is 44.2 Å². The number of amides is 1. The van der Waals surface area contributed by atoms with Gasteiger partial charge in [-0.25, -0.2) is 0 Å². The van der Waals surface area contributed by atoms with Gasteiger partial charge in [0.1, 0.15) is 17.5 Å². The first-order valence-corrected chi connectivity index (χ1v) is 8.94. The molecule has 0 unspecified atom stereocenters. The molecule has 2 aromatic rings. The van der Waals surface area contributed by atoms with E-state index in [2.05, 4.69) is 10.6 Å². The summed E-state index contributed by atoms with van der Waals surface area (Å²) in [5.41, 5.74) is 0.673. The van der Waals surface area contributed by atoms with Crippen molar-refractivity contribution in [2.45, 2.75) is 38.8 Å². The summed E-state index contributed by atoms with van der Waals surface area (Å²) in [7, 11) is 1.34. The highest BCUT2D eigenvalue weighted by atomic mass is 16.5. The summed E-state index contributed by atoms with van der Waals surface area (Å²) in [5.74, 6) is 0.914. The second-order valence-corrected chi connectivity index (χ2v) is 6.42. The van der Waals surface area contributed by atoms with E-state index >= 15 is 0 Å². The van der Waals surface area contributed by atoms with Crippen LogP contribution in [0.4, 0.5) is 5.69 Å². The Kier molecular flexibility index (Phi) is 7.82. The van der Waals surface area contributed by atoms with Crippen molar-refractivity contribution in [2.75, 3.05) is 12.4 Å². The molecule has 0 saturated heterocycles. The number of carbonyl (C=O) groups excluding carboxylic acids is 2. The number of hydrogen-bond donors (Lipinski definition) is 2. The first-order chi connectivity index (χ1) is 13.0. The molecule has 0 aromatic heterocycles. The fourth-order valence-corrected chi connectivity index (χ4v) is 2.54. The van der Waals surface area contributed by atoms with Crippen LogP contribution >= 0.6 is 0 Å². The Hall–Kier alpha value is -2.86. The lowest BCUT2D eigenvalue weighted by atomic mass is 10.1. The number of nitrogens with one attached hydrogen (secondary N) is 2. The van der Waals surface area contributed by atoms with Gasteiger partial charge in [0.15, 0.2) is 0 Å². The third kappa shape index (κ3) is 7.11. The third-order valence-electron chi connectivity index (χ3n) is 3.80. The quantitative estimate of drug-likeness (QED) is 0.658. The largest absolute Gasteiger partial charge is 0.468 e. The summed E-state index contributed by atoms with van der Waals surface area (Å²) in [6.07, 6.45) is 0.577. The summed E-state index contributed by atoms with van der Waals surface area (Å²) in [6, 6.07) is 16.2. The molecule has 0 fully saturated rings. The molecule has 27 heavy (non-hydrogen) atoms. The van der Waals surface area contributed by atoms with Crippen LogP contribution in [0, 0.1) is 0 Å². The van der Waals surface area contributed by atoms with Gasteiger partial charge >= 0.3 is 5.97 Å². The van der Waals surface area contributed by atoms with Crippen LogP contribution in [0.1, 0.15) is 26.7 Å². The highest BCUT2D eigenvalue weighted by Gasteiger charge is 2.20. The van der Waals surface area contributed by atoms with E-state index in [0.717, 1.165) is 5.75 Å². The van der Waals surface area contributed by atoms with Gasteiger partial charge in [0.2, 0.25) is 5.91 Å². The Bertz CT molecular complexity index is 730. The molecule has 6 heteroatoms. The number of carbonyl (C=O) groups is 2. The zero-order valence-corrected chi connectivity index (χ0v) is 15.9. The standard InChI is InChI=1S/C21H26N2O4/c1-15(2)22-19(21(25)26-3)13-14-20(24)23-16-9-11-18(12-10-16)27-17-7-5-4-6-8-17/h4-12,15,19,22H,13-14H2,1-3H3,(H,23,24)/t19-/m0/s1. The van der Waals surface area contributed by atoms with E-state index < -0.39 is 6.04 Å². The van der Waals surface area contributed by atoms with Crippen molar-refractivity contribution in [3.63, 3.8) is 0 Å². The smallest absolute Gasteiger partial charge is 0.322 e. The molecule has 144 valence electrons. The second kappa shape index (κ2) is 10.3. The van der Waals surface area contributed by atoms with Crippen LogP contribution < -0.4 is 15.4 Å². The van der Waals surface area contributed by atoms with Crippen LogP contribution in [-0.2, 0) is 14.3 Å². The number of esters is 1. The molecule has 0 aliphatic heterocycles. The van der Waals surface area contributed by atoms with E-state index in [9.17, 15) is 9.59 Å². The molecule has 2 aromatic carbocycles. The van der Waals surface area contributed by atoms with E-state index in [1.165, 1.54) is 7.11 Å². The summed E-state index contributed by atoms with van der Waals surface area (Å²) in [4.78, 5) is 23.9. The lowest BCUT2D eigenvalue weighted by Crippen LogP contribution is -2.42. The Balaban J connectivity index is 1.85. The van der Waals surface area contributed by atoms with Gasteiger partial charge in [0.05, 0.1) is 7.11 Å². The van der Waals surface area contributed by atoms with Gasteiger partial charge in [-0.1, -0.05) is 32.0 Å². The van der Waals surface area contributed by atoms with Crippen LogP contribution in [-0.4, -0.2) is 31.1 Å². The average molecular weight is 370 g/mol. The molecule has 2 N–H and O–H groups in total. The minimum Gasteiger partial charge on any atom is -0.468 e. The van der Waals surface area contributed by atoms with Gasteiger partial charge < -0.3 is 20.1 Å². The van der Waals surface area contributed by atoms with Gasteiger partial charge in [0.25, 0.3) is 0 Å². The number of methoxy groups -OCH3 is 1. The van der Waals surface area contributed by atoms with Gasteiger partial charge in [-0.15, -0.1) is 0 Å². The SMILES string of the molecule is COC(=O)[C@H](CCC(=O)Nc1ccc(Oc2ccccc2)cc1)NC(C)C. The molecule has 6 nitrogen and oxygen atoms in total. The van der Waals surface area contributed by atoms with Gasteiger partial charge in [0, 0.05) is 18.2 Å². The second-order valence-electron chi connectivity index (χ2n) is 6.42. The van der Waals surface area contributed by atoms with Crippen molar-refractivity contribution in [3.05, 3.63) is 54.6 Å². The maximum absolute atomic E-state index is 12.2. The molecule has 0 spiro atoms. The van der Waals surface area contributed by atoms with Gasteiger partial charge in [-0.3, -0.25) is 9.59 Å². The van der Waals surface area contributed by atoms with E-state index in [0.29, 0.717) is 17.9 Å². The van der Waals surface area contributed by atoms with Crippen molar-refractivity contribution >= 4 is 17.6 Å². The lowest BCUT2D eigenvalue weighted by Gasteiger charge is -2.18. The van der Waals surface area contributed by atoms with Crippen molar-refractivity contribution in [1.82, 2.24) is 5.32 Å². The van der Waals surface area contributed by atoms with Crippen LogP contribution in [0.15, 0.2) is 54.6 Å². The first-order valence-electron chi connectivity index (χ1n) is 8.94. The van der Waals surface area contributed by atoms with Crippen molar-refractivity contribution in [2.24, 2.45) is 0 Å².